The Morgan fingerprint density at radius 3 is 1.37 bits per heavy atom. The van der Waals surface area contributed by atoms with Gasteiger partial charge in [-0.25, -0.2) is 0 Å². The molecule has 286 valence electrons. The number of esters is 7. The van der Waals surface area contributed by atoms with Gasteiger partial charge in [0.15, 0.2) is 30.7 Å². The van der Waals surface area contributed by atoms with Crippen molar-refractivity contribution in [1.82, 2.24) is 0 Å². The van der Waals surface area contributed by atoms with E-state index in [4.69, 9.17) is 52.1 Å². The molecule has 2 aliphatic rings. The summed E-state index contributed by atoms with van der Waals surface area (Å²) < 4.78 is 62.5. The number of hydrogen-bond acceptors (Lipinski definition) is 18. The van der Waals surface area contributed by atoms with Crippen LogP contribution in [0.2, 0.25) is 0 Å². The molecule has 1 aromatic carbocycles. The molecule has 2 aliphatic heterocycles. The van der Waals surface area contributed by atoms with Gasteiger partial charge in [0.1, 0.15) is 37.3 Å². The molecule has 0 spiro atoms. The highest BCUT2D eigenvalue weighted by Crippen LogP contribution is 2.36. The normalized spacial score (nSPS) is 28.2. The van der Waals surface area contributed by atoms with E-state index in [2.05, 4.69) is 6.58 Å². The molecule has 52 heavy (non-hydrogen) atoms. The fourth-order valence-electron chi connectivity index (χ4n) is 5.38. The number of hydrogen-bond donors (Lipinski definition) is 0. The summed E-state index contributed by atoms with van der Waals surface area (Å²) in [7, 11) is 0. The highest BCUT2D eigenvalue weighted by atomic mass is 16.8. The molecule has 18 heteroatoms. The van der Waals surface area contributed by atoms with E-state index in [9.17, 15) is 33.6 Å². The van der Waals surface area contributed by atoms with Gasteiger partial charge in [-0.15, -0.1) is 0 Å². The predicted molar refractivity (Wildman–Crippen MR) is 170 cm³/mol. The monoisotopic (exact) mass is 738 g/mol. The van der Waals surface area contributed by atoms with Gasteiger partial charge in [-0.05, 0) is 17.7 Å². The Bertz CT molecular complexity index is 1470. The van der Waals surface area contributed by atoms with Gasteiger partial charge in [0, 0.05) is 48.5 Å². The van der Waals surface area contributed by atoms with Crippen LogP contribution < -0.4 is 4.74 Å². The molecule has 0 N–H and O–H groups in total. The van der Waals surface area contributed by atoms with Crippen molar-refractivity contribution in [2.45, 2.75) is 110 Å². The van der Waals surface area contributed by atoms with Crippen LogP contribution in [0.3, 0.4) is 0 Å². The van der Waals surface area contributed by atoms with Crippen LogP contribution in [0, 0.1) is 0 Å². The average Bonchev–Trinajstić information content (AvgIpc) is 3.03. The molecular weight excluding hydrogens is 696 g/mol. The number of ether oxygens (including phenoxy) is 11. The molecule has 18 nitrogen and oxygen atoms in total. The van der Waals surface area contributed by atoms with Crippen molar-refractivity contribution >= 4 is 47.9 Å². The molecule has 0 bridgehead atoms. The van der Waals surface area contributed by atoms with Crippen molar-refractivity contribution in [3.05, 3.63) is 36.4 Å². The zero-order valence-corrected chi connectivity index (χ0v) is 29.6. The molecule has 10 atom stereocenters. The summed E-state index contributed by atoms with van der Waals surface area (Å²) in [6.45, 7) is 10.1. The standard InChI is InChI=1S/C34H42O18/c1-9-23-10-12-24(13-11-23)49-33-31(47-21(7)40)30(46-20(6)39)28(26(50-33)15-43-17(3)36)52-34-32(48-22(8)41)29(45-19(5)38)27(44-18(4)37)25(51-34)14-42-16(2)35/h9-13,25-34H,1,14-15H2,2-8H3/t25-,26+,27+,28+,29+,30-,31-,32+,33+,34+/m0/s1. The maximum atomic E-state index is 12.6. The van der Waals surface area contributed by atoms with Crippen LogP contribution in [0.25, 0.3) is 6.08 Å². The summed E-state index contributed by atoms with van der Waals surface area (Å²) in [6.07, 6.45) is -14.0. The van der Waals surface area contributed by atoms with Gasteiger partial charge in [0.05, 0.1) is 0 Å². The lowest BCUT2D eigenvalue weighted by Gasteiger charge is -2.48. The molecule has 0 amide bonds. The molecule has 2 heterocycles. The Labute approximate surface area is 298 Å². The van der Waals surface area contributed by atoms with Gasteiger partial charge < -0.3 is 52.1 Å². The van der Waals surface area contributed by atoms with Gasteiger partial charge in [-0.1, -0.05) is 24.8 Å². The molecule has 0 aromatic heterocycles. The maximum absolute atomic E-state index is 12.6. The quantitative estimate of drug-likeness (QED) is 0.194. The molecular formula is C34H42O18. The Balaban J connectivity index is 2.16. The van der Waals surface area contributed by atoms with Crippen molar-refractivity contribution in [1.29, 1.82) is 0 Å². The van der Waals surface area contributed by atoms with Crippen LogP contribution in [-0.4, -0.2) is 116 Å². The van der Waals surface area contributed by atoms with E-state index < -0.39 is 116 Å². The van der Waals surface area contributed by atoms with Crippen LogP contribution >= 0.6 is 0 Å². The lowest BCUT2D eigenvalue weighted by molar-refractivity contribution is -0.354. The Hall–Kier alpha value is -5.07. The molecule has 2 fully saturated rings. The number of carbonyl (C=O) groups excluding carboxylic acids is 7. The first kappa shape index (κ1) is 41.4. The van der Waals surface area contributed by atoms with Crippen molar-refractivity contribution < 1.29 is 85.7 Å². The first-order chi connectivity index (χ1) is 24.5. The van der Waals surface area contributed by atoms with E-state index in [1.165, 1.54) is 0 Å². The minimum absolute atomic E-state index is 0.236. The van der Waals surface area contributed by atoms with Gasteiger partial charge in [0.2, 0.25) is 12.4 Å². The van der Waals surface area contributed by atoms with Gasteiger partial charge >= 0.3 is 41.8 Å². The van der Waals surface area contributed by atoms with Crippen molar-refractivity contribution in [3.63, 3.8) is 0 Å². The molecule has 0 saturated carbocycles. The summed E-state index contributed by atoms with van der Waals surface area (Å²) in [4.78, 5) is 85.6. The van der Waals surface area contributed by atoms with Crippen molar-refractivity contribution in [3.8, 4) is 5.75 Å². The highest BCUT2D eigenvalue weighted by Gasteiger charge is 2.58. The maximum Gasteiger partial charge on any atom is 0.303 e. The van der Waals surface area contributed by atoms with Crippen molar-refractivity contribution in [2.24, 2.45) is 0 Å². The second-order valence-corrected chi connectivity index (χ2v) is 11.6. The van der Waals surface area contributed by atoms with Crippen LogP contribution in [0.5, 0.6) is 5.75 Å². The Morgan fingerprint density at radius 2 is 0.923 bits per heavy atom. The van der Waals surface area contributed by atoms with Gasteiger partial charge in [0.25, 0.3) is 0 Å². The second-order valence-electron chi connectivity index (χ2n) is 11.6. The van der Waals surface area contributed by atoms with Crippen LogP contribution in [0.15, 0.2) is 30.8 Å². The molecule has 0 radical (unpaired) electrons. The summed E-state index contributed by atoms with van der Waals surface area (Å²) in [6, 6.07) is 6.52. The molecule has 0 aliphatic carbocycles. The SMILES string of the molecule is C=Cc1ccc(O[C@@H]2O[C@H](COC(C)=O)[C@@H](O[C@H]3O[C@@H](COC(C)=O)[C@@H](OC(C)=O)[C@@H](OC(C)=O)[C@H]3OC(C)=O)[C@H](OC(C)=O)[C@@H]2OC(C)=O)cc1. The summed E-state index contributed by atoms with van der Waals surface area (Å²) >= 11 is 0. The molecule has 3 rings (SSSR count). The molecule has 1 aromatic rings. The van der Waals surface area contributed by atoms with Crippen LogP contribution in [0.4, 0.5) is 0 Å². The number of carbonyl (C=O) groups is 7. The van der Waals surface area contributed by atoms with E-state index in [1.807, 2.05) is 0 Å². The third-order valence-electron chi connectivity index (χ3n) is 7.25. The third kappa shape index (κ3) is 12.0. The van der Waals surface area contributed by atoms with E-state index in [0.29, 0.717) is 0 Å². The van der Waals surface area contributed by atoms with E-state index in [1.54, 1.807) is 30.3 Å². The lowest BCUT2D eigenvalue weighted by Crippen LogP contribution is -2.67. The van der Waals surface area contributed by atoms with Crippen molar-refractivity contribution in [2.75, 3.05) is 13.2 Å². The second kappa shape index (κ2) is 19.0. The summed E-state index contributed by atoms with van der Waals surface area (Å²) in [5.41, 5.74) is 0.761. The van der Waals surface area contributed by atoms with Gasteiger partial charge in [-0.3, -0.25) is 33.6 Å². The van der Waals surface area contributed by atoms with Crippen LogP contribution in [-0.2, 0) is 80.9 Å². The third-order valence-corrected chi connectivity index (χ3v) is 7.25. The van der Waals surface area contributed by atoms with E-state index in [-0.39, 0.29) is 5.75 Å². The Morgan fingerprint density at radius 1 is 0.538 bits per heavy atom. The van der Waals surface area contributed by atoms with E-state index >= 15 is 0 Å². The smallest absolute Gasteiger partial charge is 0.303 e. The van der Waals surface area contributed by atoms with Gasteiger partial charge in [-0.2, -0.15) is 0 Å². The Kier molecular flexibility index (Phi) is 15.1. The number of rotatable bonds is 14. The predicted octanol–water partition coefficient (Wildman–Crippen LogP) is 1.33. The highest BCUT2D eigenvalue weighted by molar-refractivity contribution is 5.69. The van der Waals surface area contributed by atoms with Crippen LogP contribution in [0.1, 0.15) is 54.0 Å². The molecule has 0 unspecified atom stereocenters. The minimum Gasteiger partial charge on any atom is -0.463 e. The summed E-state index contributed by atoms with van der Waals surface area (Å²) in [5, 5.41) is 0. The largest absolute Gasteiger partial charge is 0.463 e. The molecule has 2 saturated heterocycles. The first-order valence-electron chi connectivity index (χ1n) is 16.0. The number of benzene rings is 1. The zero-order valence-electron chi connectivity index (χ0n) is 29.6. The fraction of sp³-hybridized carbons (Fsp3) is 0.559. The lowest BCUT2D eigenvalue weighted by atomic mass is 9.96. The first-order valence-corrected chi connectivity index (χ1v) is 16.0. The van der Waals surface area contributed by atoms with E-state index in [0.717, 1.165) is 54.0 Å². The average molecular weight is 739 g/mol. The topological polar surface area (TPSA) is 221 Å². The zero-order chi connectivity index (χ0) is 38.7. The minimum atomic E-state index is -1.80. The fourth-order valence-corrected chi connectivity index (χ4v) is 5.38. The summed E-state index contributed by atoms with van der Waals surface area (Å²) in [5.74, 6) is -5.64.